The smallest absolute Gasteiger partial charge is 0.123 e. The molecule has 0 atom stereocenters. The summed E-state index contributed by atoms with van der Waals surface area (Å²) in [6.07, 6.45) is 1.98. The summed E-state index contributed by atoms with van der Waals surface area (Å²) in [7, 11) is 0. The number of anilines is 2. The maximum Gasteiger partial charge on any atom is 0.123 e. The van der Waals surface area contributed by atoms with Crippen molar-refractivity contribution in [2.45, 2.75) is 11.8 Å². The zero-order valence-corrected chi connectivity index (χ0v) is 12.9. The topological polar surface area (TPSA) is 38.0 Å². The summed E-state index contributed by atoms with van der Waals surface area (Å²) in [4.78, 5) is 1.36. The number of rotatable bonds is 4. The summed E-state index contributed by atoms with van der Waals surface area (Å²) in [5.41, 5.74) is 9.14. The highest BCUT2D eigenvalue weighted by atomic mass is 32.2. The van der Waals surface area contributed by atoms with E-state index in [-0.39, 0.29) is 5.82 Å². The number of hydrogen-bond acceptors (Lipinski definition) is 3. The summed E-state index contributed by atoms with van der Waals surface area (Å²) < 4.78 is 13.1. The molecule has 104 valence electrons. The number of thiocarbonyl (C=S) groups is 1. The van der Waals surface area contributed by atoms with Crippen LogP contribution in [0.15, 0.2) is 41.3 Å². The lowest BCUT2D eigenvalue weighted by Gasteiger charge is -2.15. The van der Waals surface area contributed by atoms with Gasteiger partial charge in [-0.05, 0) is 49.1 Å². The summed E-state index contributed by atoms with van der Waals surface area (Å²) in [6, 6.07) is 10.4. The molecule has 2 aromatic rings. The van der Waals surface area contributed by atoms with E-state index in [4.69, 9.17) is 18.0 Å². The first-order chi connectivity index (χ1) is 9.52. The summed E-state index contributed by atoms with van der Waals surface area (Å²) in [5.74, 6) is -0.250. The van der Waals surface area contributed by atoms with Crippen LogP contribution >= 0.6 is 24.0 Å². The van der Waals surface area contributed by atoms with Crippen LogP contribution in [0.1, 0.15) is 11.1 Å². The first kappa shape index (κ1) is 14.8. The number of nitrogens with two attached hydrogens (primary N) is 1. The van der Waals surface area contributed by atoms with Gasteiger partial charge in [0.25, 0.3) is 0 Å². The second-order valence-electron chi connectivity index (χ2n) is 4.33. The van der Waals surface area contributed by atoms with E-state index >= 15 is 0 Å². The van der Waals surface area contributed by atoms with Crippen LogP contribution in [-0.4, -0.2) is 11.2 Å². The van der Waals surface area contributed by atoms with Gasteiger partial charge >= 0.3 is 0 Å². The Kier molecular flexibility index (Phi) is 4.62. The third kappa shape index (κ3) is 3.11. The number of halogens is 1. The second-order valence-corrected chi connectivity index (χ2v) is 5.62. The molecule has 2 aromatic carbocycles. The fourth-order valence-electron chi connectivity index (χ4n) is 1.97. The predicted molar refractivity (Wildman–Crippen MR) is 88.5 cm³/mol. The van der Waals surface area contributed by atoms with Crippen molar-refractivity contribution in [2.75, 3.05) is 11.6 Å². The highest BCUT2D eigenvalue weighted by molar-refractivity contribution is 7.98. The Morgan fingerprint density at radius 1 is 1.25 bits per heavy atom. The minimum atomic E-state index is -0.250. The molecule has 5 heteroatoms. The van der Waals surface area contributed by atoms with Gasteiger partial charge in [0.2, 0.25) is 0 Å². The molecule has 2 nitrogen and oxygen atoms in total. The van der Waals surface area contributed by atoms with E-state index in [1.165, 1.54) is 12.1 Å². The fraction of sp³-hybridized carbons (Fsp3) is 0.133. The minimum Gasteiger partial charge on any atom is -0.389 e. The molecular weight excluding hydrogens is 291 g/mol. The lowest BCUT2D eigenvalue weighted by Crippen LogP contribution is -2.13. The molecule has 0 saturated carbocycles. The highest BCUT2D eigenvalue weighted by Crippen LogP contribution is 2.30. The lowest BCUT2D eigenvalue weighted by atomic mass is 10.1. The van der Waals surface area contributed by atoms with E-state index in [2.05, 4.69) is 5.32 Å². The van der Waals surface area contributed by atoms with Crippen LogP contribution in [0.5, 0.6) is 0 Å². The van der Waals surface area contributed by atoms with E-state index in [1.807, 2.05) is 31.4 Å². The first-order valence-electron chi connectivity index (χ1n) is 6.03. The molecule has 0 aromatic heterocycles. The Labute approximate surface area is 127 Å². The molecule has 0 amide bonds. The van der Waals surface area contributed by atoms with Crippen molar-refractivity contribution in [3.8, 4) is 0 Å². The summed E-state index contributed by atoms with van der Waals surface area (Å²) in [6.45, 7) is 1.85. The van der Waals surface area contributed by atoms with Gasteiger partial charge in [0.05, 0.1) is 0 Å². The van der Waals surface area contributed by atoms with Crippen LogP contribution in [0.25, 0.3) is 0 Å². The SMILES string of the molecule is CSc1cccc(Nc2ccc(F)cc2C)c1C(N)=S. The quantitative estimate of drug-likeness (QED) is 0.655. The van der Waals surface area contributed by atoms with Crippen LogP contribution < -0.4 is 11.1 Å². The van der Waals surface area contributed by atoms with Crippen LogP contribution in [0, 0.1) is 12.7 Å². The molecule has 0 unspecified atom stereocenters. The molecule has 0 radical (unpaired) electrons. The predicted octanol–water partition coefficient (Wildman–Crippen LogP) is 4.23. The van der Waals surface area contributed by atoms with Crippen molar-refractivity contribution in [3.63, 3.8) is 0 Å². The summed E-state index contributed by atoms with van der Waals surface area (Å²) >= 11 is 6.73. The Hall–Kier alpha value is -1.59. The van der Waals surface area contributed by atoms with Crippen LogP contribution in [-0.2, 0) is 0 Å². The van der Waals surface area contributed by atoms with Gasteiger partial charge in [-0.15, -0.1) is 11.8 Å². The molecule has 0 saturated heterocycles. The van der Waals surface area contributed by atoms with Crippen molar-refractivity contribution in [1.82, 2.24) is 0 Å². The largest absolute Gasteiger partial charge is 0.389 e. The van der Waals surface area contributed by atoms with Gasteiger partial charge in [-0.3, -0.25) is 0 Å². The number of aryl methyl sites for hydroxylation is 1. The normalized spacial score (nSPS) is 10.3. The molecule has 20 heavy (non-hydrogen) atoms. The average molecular weight is 306 g/mol. The van der Waals surface area contributed by atoms with Gasteiger partial charge in [0, 0.05) is 21.8 Å². The molecule has 0 spiro atoms. The van der Waals surface area contributed by atoms with Crippen molar-refractivity contribution >= 4 is 40.3 Å². The van der Waals surface area contributed by atoms with E-state index in [9.17, 15) is 4.39 Å². The monoisotopic (exact) mass is 306 g/mol. The van der Waals surface area contributed by atoms with Gasteiger partial charge < -0.3 is 11.1 Å². The molecule has 0 heterocycles. The third-order valence-corrected chi connectivity index (χ3v) is 3.93. The molecule has 3 N–H and O–H groups in total. The molecular formula is C15H15FN2S2. The number of hydrogen-bond donors (Lipinski definition) is 2. The lowest BCUT2D eigenvalue weighted by molar-refractivity contribution is 0.627. The van der Waals surface area contributed by atoms with Crippen LogP contribution in [0.4, 0.5) is 15.8 Å². The number of benzene rings is 2. The molecule has 0 aliphatic carbocycles. The molecule has 0 fully saturated rings. The van der Waals surface area contributed by atoms with Gasteiger partial charge in [0.1, 0.15) is 10.8 Å². The Bertz CT molecular complexity index is 656. The van der Waals surface area contributed by atoms with Gasteiger partial charge in [-0.25, -0.2) is 4.39 Å². The van der Waals surface area contributed by atoms with E-state index in [1.54, 1.807) is 17.8 Å². The average Bonchev–Trinajstić information content (AvgIpc) is 2.41. The van der Waals surface area contributed by atoms with Crippen molar-refractivity contribution in [3.05, 3.63) is 53.3 Å². The van der Waals surface area contributed by atoms with Crippen molar-refractivity contribution in [2.24, 2.45) is 5.73 Å². The minimum absolute atomic E-state index is 0.250. The van der Waals surface area contributed by atoms with Gasteiger partial charge in [0.15, 0.2) is 0 Å². The fourth-order valence-corrected chi connectivity index (χ4v) is 2.90. The summed E-state index contributed by atoms with van der Waals surface area (Å²) in [5, 5.41) is 3.28. The first-order valence-corrected chi connectivity index (χ1v) is 7.66. The molecule has 0 aliphatic rings. The Balaban J connectivity index is 2.45. The van der Waals surface area contributed by atoms with Crippen LogP contribution in [0.2, 0.25) is 0 Å². The zero-order valence-electron chi connectivity index (χ0n) is 11.2. The standard InChI is InChI=1S/C15H15FN2S2/c1-9-8-10(16)6-7-11(9)18-12-4-3-5-13(20-2)14(12)15(17)19/h3-8,18H,1-2H3,(H2,17,19). The maximum absolute atomic E-state index is 13.1. The van der Waals surface area contributed by atoms with Crippen molar-refractivity contribution in [1.29, 1.82) is 0 Å². The Morgan fingerprint density at radius 3 is 2.60 bits per heavy atom. The molecule has 0 bridgehead atoms. The number of thioether (sulfide) groups is 1. The maximum atomic E-state index is 13.1. The van der Waals surface area contributed by atoms with Crippen molar-refractivity contribution < 1.29 is 4.39 Å². The molecule has 2 rings (SSSR count). The third-order valence-electron chi connectivity index (χ3n) is 2.95. The zero-order chi connectivity index (χ0) is 14.7. The van der Waals surface area contributed by atoms with Crippen LogP contribution in [0.3, 0.4) is 0 Å². The number of nitrogens with one attached hydrogen (secondary N) is 1. The van der Waals surface area contributed by atoms with E-state index < -0.39 is 0 Å². The van der Waals surface area contributed by atoms with Gasteiger partial charge in [-0.2, -0.15) is 0 Å². The van der Waals surface area contributed by atoms with Gasteiger partial charge in [-0.1, -0.05) is 18.3 Å². The Morgan fingerprint density at radius 2 is 2.00 bits per heavy atom. The molecule has 0 aliphatic heterocycles. The van der Waals surface area contributed by atoms with E-state index in [0.29, 0.717) is 4.99 Å². The highest BCUT2D eigenvalue weighted by Gasteiger charge is 2.11. The second kappa shape index (κ2) is 6.24. The van der Waals surface area contributed by atoms with E-state index in [0.717, 1.165) is 27.4 Å².